The Kier molecular flexibility index (Phi) is 44.2. The van der Waals surface area contributed by atoms with E-state index in [0.29, 0.717) is 17.4 Å². The molecule has 9 heteroatoms. The van der Waals surface area contributed by atoms with Gasteiger partial charge in [0.25, 0.3) is 7.82 Å². The molecule has 0 saturated carbocycles. The number of nitrogens with one attached hydrogen (secondary N) is 1. The van der Waals surface area contributed by atoms with Crippen molar-refractivity contribution in [3.63, 3.8) is 0 Å². The summed E-state index contributed by atoms with van der Waals surface area (Å²) in [6, 6.07) is -0.963. The number of amides is 1. The highest BCUT2D eigenvalue weighted by atomic mass is 31.2. The van der Waals surface area contributed by atoms with Crippen molar-refractivity contribution >= 4 is 13.7 Å². The molecule has 0 aromatic rings. The van der Waals surface area contributed by atoms with Crippen molar-refractivity contribution < 1.29 is 32.9 Å². The van der Waals surface area contributed by atoms with Gasteiger partial charge >= 0.3 is 0 Å². The standard InChI is InChI=1S/C55H99N2O6P/c1-6-8-10-12-14-16-18-20-22-23-24-25-26-27-28-29-30-31-32-33-35-36-38-40-42-44-46-48-54(58)53(52-63-64(60,61)62-51-50-57(3,4)5)56-55(59)49-47-45-43-41-39-37-34-21-19-17-15-13-11-9-7-2/h9,11,15,17,21,34,38-41,45-48,53-54,58H,6-8,10,12-14,16,18-20,22-33,35-37,42-44,49-52H2,1-5H3,(H-,56,59,60,61)/b11-9-,17-15-,34-21-,40-38+,41-39-,47-45-,48-46+. The van der Waals surface area contributed by atoms with Gasteiger partial charge in [-0.05, 0) is 57.8 Å². The smallest absolute Gasteiger partial charge is 0.268 e. The number of hydrogen-bond acceptors (Lipinski definition) is 6. The number of hydrogen-bond donors (Lipinski definition) is 2. The molecule has 3 unspecified atom stereocenters. The number of aliphatic hydroxyl groups is 1. The lowest BCUT2D eigenvalue weighted by Gasteiger charge is -2.29. The van der Waals surface area contributed by atoms with Gasteiger partial charge in [0.1, 0.15) is 13.2 Å². The zero-order valence-corrected chi connectivity index (χ0v) is 42.8. The highest BCUT2D eigenvalue weighted by Gasteiger charge is 2.23. The summed E-state index contributed by atoms with van der Waals surface area (Å²) < 4.78 is 23.2. The zero-order valence-electron chi connectivity index (χ0n) is 42.0. The van der Waals surface area contributed by atoms with Crippen LogP contribution >= 0.6 is 7.82 Å². The van der Waals surface area contributed by atoms with Gasteiger partial charge in [-0.25, -0.2) is 0 Å². The van der Waals surface area contributed by atoms with Crippen molar-refractivity contribution in [3.8, 4) is 0 Å². The molecule has 0 heterocycles. The van der Waals surface area contributed by atoms with Crippen LogP contribution in [0.2, 0.25) is 0 Å². The third kappa shape index (κ3) is 47.6. The molecule has 370 valence electrons. The van der Waals surface area contributed by atoms with E-state index in [1.807, 2.05) is 33.3 Å². The number of carbonyl (C=O) groups excluding carboxylic acids is 1. The molecule has 0 spiro atoms. The van der Waals surface area contributed by atoms with Crippen LogP contribution in [0.5, 0.6) is 0 Å². The van der Waals surface area contributed by atoms with E-state index in [-0.39, 0.29) is 18.9 Å². The van der Waals surface area contributed by atoms with Gasteiger partial charge in [-0.15, -0.1) is 0 Å². The van der Waals surface area contributed by atoms with Crippen LogP contribution in [0.3, 0.4) is 0 Å². The van der Waals surface area contributed by atoms with E-state index in [0.717, 1.165) is 44.9 Å². The summed E-state index contributed by atoms with van der Waals surface area (Å²) in [6.07, 6.45) is 64.1. The number of quaternary nitrogens is 1. The maximum Gasteiger partial charge on any atom is 0.268 e. The SMILES string of the molecule is CC/C=C\C/C=C\C/C=C\C/C=C\C/C=C\CC(=O)NC(COP(=O)([O-])OCC[N+](C)(C)C)C(O)/C=C/CC/C=C/CCCCCCCCCCCCCCCCCCCCCCC. The first kappa shape index (κ1) is 61.7. The third-order valence-corrected chi connectivity index (χ3v) is 12.1. The van der Waals surface area contributed by atoms with Gasteiger partial charge in [-0.1, -0.05) is 227 Å². The summed E-state index contributed by atoms with van der Waals surface area (Å²) in [4.78, 5) is 25.3. The fourth-order valence-electron chi connectivity index (χ4n) is 7.06. The highest BCUT2D eigenvalue weighted by molar-refractivity contribution is 7.45. The van der Waals surface area contributed by atoms with Crippen molar-refractivity contribution in [3.05, 3.63) is 85.1 Å². The average Bonchev–Trinajstić information content (AvgIpc) is 3.25. The molecule has 0 radical (unpaired) electrons. The second-order valence-corrected chi connectivity index (χ2v) is 19.9. The molecule has 0 aliphatic carbocycles. The lowest BCUT2D eigenvalue weighted by Crippen LogP contribution is -2.45. The Bertz CT molecular complexity index is 1310. The topological polar surface area (TPSA) is 108 Å². The second-order valence-electron chi connectivity index (χ2n) is 18.5. The van der Waals surface area contributed by atoms with Crippen molar-refractivity contribution in [2.24, 2.45) is 0 Å². The fourth-order valence-corrected chi connectivity index (χ4v) is 7.78. The Morgan fingerprint density at radius 2 is 0.969 bits per heavy atom. The molecule has 1 amide bonds. The molecule has 0 rings (SSSR count). The number of phosphoric acid groups is 1. The highest BCUT2D eigenvalue weighted by Crippen LogP contribution is 2.38. The van der Waals surface area contributed by atoms with E-state index in [4.69, 9.17) is 9.05 Å². The number of carbonyl (C=O) groups is 1. The van der Waals surface area contributed by atoms with Crippen LogP contribution in [0.1, 0.15) is 206 Å². The van der Waals surface area contributed by atoms with Crippen LogP contribution in [0.25, 0.3) is 0 Å². The quantitative estimate of drug-likeness (QED) is 0.0273. The van der Waals surface area contributed by atoms with Crippen LogP contribution in [-0.2, 0) is 18.4 Å². The molecule has 2 N–H and O–H groups in total. The van der Waals surface area contributed by atoms with Crippen LogP contribution < -0.4 is 10.2 Å². The van der Waals surface area contributed by atoms with Gasteiger partial charge in [0, 0.05) is 6.42 Å². The summed E-state index contributed by atoms with van der Waals surface area (Å²) in [6.45, 7) is 4.43. The van der Waals surface area contributed by atoms with Crippen molar-refractivity contribution in [2.75, 3.05) is 40.9 Å². The van der Waals surface area contributed by atoms with E-state index < -0.39 is 26.6 Å². The summed E-state index contributed by atoms with van der Waals surface area (Å²) in [7, 11) is 1.18. The van der Waals surface area contributed by atoms with Gasteiger partial charge < -0.3 is 28.8 Å². The molecular formula is C55H99N2O6P. The summed E-state index contributed by atoms with van der Waals surface area (Å²) in [5.41, 5.74) is 0. The minimum absolute atomic E-state index is 0.0268. The summed E-state index contributed by atoms with van der Waals surface area (Å²) >= 11 is 0. The first-order valence-corrected chi connectivity index (χ1v) is 27.4. The maximum atomic E-state index is 12.8. The van der Waals surface area contributed by atoms with Gasteiger partial charge in [0.05, 0.1) is 39.9 Å². The van der Waals surface area contributed by atoms with Crippen LogP contribution in [-0.4, -0.2) is 68.5 Å². The average molecular weight is 915 g/mol. The van der Waals surface area contributed by atoms with Crippen LogP contribution in [0.15, 0.2) is 85.1 Å². The molecule has 0 aliphatic rings. The molecule has 3 atom stereocenters. The molecule has 0 fully saturated rings. The summed E-state index contributed by atoms with van der Waals surface area (Å²) in [5, 5.41) is 13.7. The molecule has 0 bridgehead atoms. The molecule has 64 heavy (non-hydrogen) atoms. The minimum atomic E-state index is -4.63. The monoisotopic (exact) mass is 915 g/mol. The third-order valence-electron chi connectivity index (χ3n) is 11.1. The largest absolute Gasteiger partial charge is 0.756 e. The molecule has 0 aliphatic heterocycles. The van der Waals surface area contributed by atoms with Crippen molar-refractivity contribution in [1.29, 1.82) is 0 Å². The molecule has 8 nitrogen and oxygen atoms in total. The fraction of sp³-hybridized carbons (Fsp3) is 0.727. The van der Waals surface area contributed by atoms with E-state index in [1.54, 1.807) is 12.2 Å². The predicted molar refractivity (Wildman–Crippen MR) is 274 cm³/mol. The van der Waals surface area contributed by atoms with Gasteiger partial charge in [0.15, 0.2) is 0 Å². The molecule has 0 aromatic carbocycles. The Morgan fingerprint density at radius 1 is 0.562 bits per heavy atom. The van der Waals surface area contributed by atoms with E-state index >= 15 is 0 Å². The van der Waals surface area contributed by atoms with E-state index in [2.05, 4.69) is 79.9 Å². The predicted octanol–water partition coefficient (Wildman–Crippen LogP) is 14.7. The number of rotatable bonds is 46. The lowest BCUT2D eigenvalue weighted by molar-refractivity contribution is -0.870. The zero-order chi connectivity index (χ0) is 47.1. The van der Waals surface area contributed by atoms with Crippen molar-refractivity contribution in [2.45, 2.75) is 219 Å². The number of nitrogens with zero attached hydrogens (tertiary/aromatic N) is 1. The molecule has 0 saturated heterocycles. The molecule has 0 aromatic heterocycles. The van der Waals surface area contributed by atoms with Gasteiger partial charge in [-0.3, -0.25) is 9.36 Å². The first-order chi connectivity index (χ1) is 31.0. The van der Waals surface area contributed by atoms with Crippen LogP contribution in [0.4, 0.5) is 0 Å². The Hall–Kier alpha value is -2.32. The Labute approximate surface area is 395 Å². The summed E-state index contributed by atoms with van der Waals surface area (Å²) in [5.74, 6) is -0.336. The Balaban J connectivity index is 4.37. The van der Waals surface area contributed by atoms with Crippen LogP contribution in [0, 0.1) is 0 Å². The molecular weight excluding hydrogens is 816 g/mol. The number of allylic oxidation sites excluding steroid dienone is 12. The number of phosphoric ester groups is 1. The van der Waals surface area contributed by atoms with Gasteiger partial charge in [-0.2, -0.15) is 0 Å². The lowest BCUT2D eigenvalue weighted by atomic mass is 10.0. The van der Waals surface area contributed by atoms with Gasteiger partial charge in [0.2, 0.25) is 5.91 Å². The number of aliphatic hydroxyl groups excluding tert-OH is 1. The Morgan fingerprint density at radius 3 is 1.42 bits per heavy atom. The normalized spacial score (nSPS) is 14.8. The first-order valence-electron chi connectivity index (χ1n) is 25.9. The van der Waals surface area contributed by atoms with E-state index in [9.17, 15) is 19.4 Å². The maximum absolute atomic E-state index is 12.8. The second kappa shape index (κ2) is 45.8. The number of unbranched alkanes of at least 4 members (excludes halogenated alkanes) is 22. The minimum Gasteiger partial charge on any atom is -0.756 e. The van der Waals surface area contributed by atoms with Crippen molar-refractivity contribution in [1.82, 2.24) is 5.32 Å². The van der Waals surface area contributed by atoms with E-state index in [1.165, 1.54) is 135 Å². The number of likely N-dealkylation sites (N-methyl/N-ethyl adjacent to an activating group) is 1.